The van der Waals surface area contributed by atoms with Gasteiger partial charge in [-0.15, -0.1) is 0 Å². The van der Waals surface area contributed by atoms with Crippen molar-refractivity contribution < 1.29 is 9.84 Å². The summed E-state index contributed by atoms with van der Waals surface area (Å²) in [6.07, 6.45) is 3.08. The van der Waals surface area contributed by atoms with Gasteiger partial charge in [-0.2, -0.15) is 0 Å². The molecule has 1 fully saturated rings. The highest BCUT2D eigenvalue weighted by Gasteiger charge is 2.22. The molecule has 0 aromatic heterocycles. The molecule has 1 atom stereocenters. The molecule has 0 spiro atoms. The smallest absolute Gasteiger partial charge is 0.0785 e. The molecule has 0 saturated heterocycles. The van der Waals surface area contributed by atoms with E-state index in [-0.39, 0.29) is 6.10 Å². The second-order valence-corrected chi connectivity index (χ2v) is 5.09. The molecule has 18 heavy (non-hydrogen) atoms. The molecule has 1 unspecified atom stereocenters. The Morgan fingerprint density at radius 1 is 1.33 bits per heavy atom. The molecule has 3 heteroatoms. The van der Waals surface area contributed by atoms with Crippen LogP contribution in [0.25, 0.3) is 0 Å². The summed E-state index contributed by atoms with van der Waals surface area (Å²) in [6.45, 7) is 2.09. The molecular weight excluding hydrogens is 226 g/mol. The van der Waals surface area contributed by atoms with Gasteiger partial charge in [-0.25, -0.2) is 0 Å². The van der Waals surface area contributed by atoms with Crippen molar-refractivity contribution in [2.75, 3.05) is 20.3 Å². The van der Waals surface area contributed by atoms with Crippen molar-refractivity contribution in [2.45, 2.75) is 37.8 Å². The fraction of sp³-hybridized carbons (Fsp3) is 0.600. The molecule has 3 nitrogen and oxygen atoms in total. The molecule has 1 aliphatic rings. The van der Waals surface area contributed by atoms with Crippen LogP contribution in [0.5, 0.6) is 0 Å². The Morgan fingerprint density at radius 3 is 2.67 bits per heavy atom. The zero-order valence-electron chi connectivity index (χ0n) is 11.1. The molecule has 1 aromatic carbocycles. The van der Waals surface area contributed by atoms with Crippen LogP contribution in [0.3, 0.4) is 0 Å². The number of ether oxygens (including phenoxy) is 1. The maximum absolute atomic E-state index is 9.49. The highest BCUT2D eigenvalue weighted by atomic mass is 16.5. The lowest BCUT2D eigenvalue weighted by Crippen LogP contribution is -2.22. The van der Waals surface area contributed by atoms with Crippen LogP contribution < -0.4 is 5.32 Å². The molecule has 1 aliphatic carbocycles. The Labute approximate surface area is 109 Å². The summed E-state index contributed by atoms with van der Waals surface area (Å²) >= 11 is 0. The van der Waals surface area contributed by atoms with Gasteiger partial charge in [-0.1, -0.05) is 24.3 Å². The Hall–Kier alpha value is -0.900. The molecular formula is C15H23NO2. The van der Waals surface area contributed by atoms with E-state index in [1.54, 1.807) is 7.11 Å². The van der Waals surface area contributed by atoms with Crippen molar-refractivity contribution >= 4 is 0 Å². The van der Waals surface area contributed by atoms with E-state index < -0.39 is 0 Å². The van der Waals surface area contributed by atoms with Crippen LogP contribution in [-0.2, 0) is 11.3 Å². The summed E-state index contributed by atoms with van der Waals surface area (Å²) in [6, 6.07) is 8.89. The number of aliphatic hydroxyl groups is 1. The number of aliphatic hydroxyl groups excluding tert-OH is 1. The van der Waals surface area contributed by atoms with Crippen LogP contribution in [0.2, 0.25) is 0 Å². The monoisotopic (exact) mass is 249 g/mol. The Kier molecular flexibility index (Phi) is 5.17. The summed E-state index contributed by atoms with van der Waals surface area (Å²) < 4.78 is 4.88. The second-order valence-electron chi connectivity index (χ2n) is 5.09. The van der Waals surface area contributed by atoms with E-state index in [1.165, 1.54) is 24.0 Å². The van der Waals surface area contributed by atoms with Gasteiger partial charge in [-0.3, -0.25) is 0 Å². The second kappa shape index (κ2) is 6.88. The highest BCUT2D eigenvalue weighted by molar-refractivity contribution is 5.27. The van der Waals surface area contributed by atoms with Crippen molar-refractivity contribution in [3.63, 3.8) is 0 Å². The van der Waals surface area contributed by atoms with E-state index in [2.05, 4.69) is 29.6 Å². The molecule has 1 saturated carbocycles. The summed E-state index contributed by atoms with van der Waals surface area (Å²) in [7, 11) is 1.61. The quantitative estimate of drug-likeness (QED) is 0.693. The summed E-state index contributed by atoms with van der Waals surface area (Å²) in [5.74, 6) is 0.830. The van der Waals surface area contributed by atoms with Gasteiger partial charge in [-0.05, 0) is 42.9 Å². The zero-order valence-corrected chi connectivity index (χ0v) is 11.1. The van der Waals surface area contributed by atoms with Crippen molar-refractivity contribution in [2.24, 2.45) is 0 Å². The van der Waals surface area contributed by atoms with E-state index in [1.807, 2.05) is 0 Å². The number of benzene rings is 1. The van der Waals surface area contributed by atoms with E-state index in [0.29, 0.717) is 6.61 Å². The van der Waals surface area contributed by atoms with Crippen LogP contribution in [0.15, 0.2) is 24.3 Å². The third-order valence-electron chi connectivity index (χ3n) is 3.37. The minimum Gasteiger partial charge on any atom is -0.391 e. The predicted octanol–water partition coefficient (Wildman–Crippen LogP) is 2.05. The van der Waals surface area contributed by atoms with Crippen LogP contribution in [0.4, 0.5) is 0 Å². The number of rotatable bonds is 8. The van der Waals surface area contributed by atoms with E-state index in [4.69, 9.17) is 4.74 Å². The molecule has 0 amide bonds. The van der Waals surface area contributed by atoms with Gasteiger partial charge in [0.2, 0.25) is 0 Å². The highest BCUT2D eigenvalue weighted by Crippen LogP contribution is 2.39. The Morgan fingerprint density at radius 2 is 2.06 bits per heavy atom. The third kappa shape index (κ3) is 4.41. The zero-order chi connectivity index (χ0) is 12.8. The average molecular weight is 249 g/mol. The van der Waals surface area contributed by atoms with Crippen molar-refractivity contribution in [1.82, 2.24) is 5.32 Å². The van der Waals surface area contributed by atoms with Gasteiger partial charge in [0.25, 0.3) is 0 Å². The lowest BCUT2D eigenvalue weighted by Gasteiger charge is -2.10. The number of hydrogen-bond acceptors (Lipinski definition) is 3. The fourth-order valence-corrected chi connectivity index (χ4v) is 2.10. The molecule has 2 rings (SSSR count). The largest absolute Gasteiger partial charge is 0.391 e. The number of methoxy groups -OCH3 is 1. The fourth-order valence-electron chi connectivity index (χ4n) is 2.10. The molecule has 100 valence electrons. The molecule has 1 aromatic rings. The maximum atomic E-state index is 9.49. The van der Waals surface area contributed by atoms with Crippen LogP contribution in [-0.4, -0.2) is 31.5 Å². The first kappa shape index (κ1) is 13.5. The molecule has 0 radical (unpaired) electrons. The average Bonchev–Trinajstić information content (AvgIpc) is 3.20. The van der Waals surface area contributed by atoms with Crippen molar-refractivity contribution in [3.05, 3.63) is 35.4 Å². The van der Waals surface area contributed by atoms with Gasteiger partial charge in [0.15, 0.2) is 0 Å². The van der Waals surface area contributed by atoms with Gasteiger partial charge in [0, 0.05) is 13.7 Å². The SMILES string of the molecule is COCC(O)CCNCc1ccc(C2CC2)cc1. The van der Waals surface area contributed by atoms with E-state index in [9.17, 15) is 5.11 Å². The standard InChI is InChI=1S/C15H23NO2/c1-18-11-15(17)8-9-16-10-12-2-4-13(5-3-12)14-6-7-14/h2-5,14-17H,6-11H2,1H3. The van der Waals surface area contributed by atoms with Crippen LogP contribution >= 0.6 is 0 Å². The third-order valence-corrected chi connectivity index (χ3v) is 3.37. The number of hydrogen-bond donors (Lipinski definition) is 2. The lowest BCUT2D eigenvalue weighted by molar-refractivity contribution is 0.0594. The topological polar surface area (TPSA) is 41.5 Å². The van der Waals surface area contributed by atoms with Gasteiger partial charge in [0.1, 0.15) is 0 Å². The van der Waals surface area contributed by atoms with Gasteiger partial charge in [0.05, 0.1) is 12.7 Å². The first-order chi connectivity index (χ1) is 8.79. The van der Waals surface area contributed by atoms with Crippen molar-refractivity contribution in [3.8, 4) is 0 Å². The summed E-state index contributed by atoms with van der Waals surface area (Å²) in [4.78, 5) is 0. The predicted molar refractivity (Wildman–Crippen MR) is 72.6 cm³/mol. The molecule has 0 aliphatic heterocycles. The van der Waals surface area contributed by atoms with E-state index in [0.717, 1.165) is 25.4 Å². The molecule has 2 N–H and O–H groups in total. The molecule has 0 bridgehead atoms. The minimum absolute atomic E-state index is 0.361. The normalized spacial score (nSPS) is 16.8. The van der Waals surface area contributed by atoms with Crippen LogP contribution in [0, 0.1) is 0 Å². The van der Waals surface area contributed by atoms with Gasteiger partial charge >= 0.3 is 0 Å². The first-order valence-corrected chi connectivity index (χ1v) is 6.76. The van der Waals surface area contributed by atoms with Crippen molar-refractivity contribution in [1.29, 1.82) is 0 Å². The Bertz CT molecular complexity index is 346. The summed E-state index contributed by atoms with van der Waals surface area (Å²) in [5, 5.41) is 12.8. The lowest BCUT2D eigenvalue weighted by atomic mass is 10.1. The first-order valence-electron chi connectivity index (χ1n) is 6.76. The van der Waals surface area contributed by atoms with Gasteiger partial charge < -0.3 is 15.2 Å². The molecule has 0 heterocycles. The number of nitrogens with one attached hydrogen (secondary N) is 1. The minimum atomic E-state index is -0.361. The summed E-state index contributed by atoms with van der Waals surface area (Å²) in [5.41, 5.74) is 2.79. The Balaban J connectivity index is 1.63. The van der Waals surface area contributed by atoms with Crippen LogP contribution in [0.1, 0.15) is 36.3 Å². The van der Waals surface area contributed by atoms with E-state index >= 15 is 0 Å². The maximum Gasteiger partial charge on any atom is 0.0785 e.